The molecule has 0 bridgehead atoms. The standard InChI is InChI=1S/C11H10O5/c1-14-8-3-6-5-16-10(11(12)13)7(6)4-9(8)15-2/h3-5H,1-2H3,(H,12,13). The smallest absolute Gasteiger partial charge is 0.372 e. The lowest BCUT2D eigenvalue weighted by atomic mass is 10.1. The maximum Gasteiger partial charge on any atom is 0.372 e. The molecule has 16 heavy (non-hydrogen) atoms. The second-order valence-electron chi connectivity index (χ2n) is 3.16. The zero-order valence-electron chi connectivity index (χ0n) is 8.81. The Morgan fingerprint density at radius 2 is 1.88 bits per heavy atom. The van der Waals surface area contributed by atoms with E-state index in [9.17, 15) is 4.79 Å². The van der Waals surface area contributed by atoms with Crippen LogP contribution in [0.4, 0.5) is 0 Å². The molecule has 5 nitrogen and oxygen atoms in total. The number of furan rings is 1. The molecule has 0 atom stereocenters. The number of methoxy groups -OCH3 is 2. The summed E-state index contributed by atoms with van der Waals surface area (Å²) in [6.07, 6.45) is 1.38. The number of fused-ring (bicyclic) bond motifs is 1. The van der Waals surface area contributed by atoms with Gasteiger partial charge in [0.25, 0.3) is 0 Å². The molecule has 0 saturated carbocycles. The molecule has 84 valence electrons. The first-order valence-corrected chi connectivity index (χ1v) is 4.54. The summed E-state index contributed by atoms with van der Waals surface area (Å²) in [5, 5.41) is 10.0. The van der Waals surface area contributed by atoms with Gasteiger partial charge in [-0.3, -0.25) is 0 Å². The summed E-state index contributed by atoms with van der Waals surface area (Å²) < 4.78 is 15.2. The summed E-state index contributed by atoms with van der Waals surface area (Å²) >= 11 is 0. The zero-order chi connectivity index (χ0) is 11.7. The van der Waals surface area contributed by atoms with Gasteiger partial charge < -0.3 is 19.0 Å². The van der Waals surface area contributed by atoms with Gasteiger partial charge in [-0.05, 0) is 12.1 Å². The number of carboxylic acids is 1. The Bertz CT molecular complexity index is 541. The summed E-state index contributed by atoms with van der Waals surface area (Å²) in [5.74, 6) is -0.204. The summed E-state index contributed by atoms with van der Waals surface area (Å²) in [4.78, 5) is 10.9. The van der Waals surface area contributed by atoms with Crippen LogP contribution < -0.4 is 9.47 Å². The van der Waals surface area contributed by atoms with Gasteiger partial charge in [0.1, 0.15) is 0 Å². The maximum atomic E-state index is 10.9. The van der Waals surface area contributed by atoms with E-state index in [0.29, 0.717) is 22.3 Å². The molecule has 0 fully saturated rings. The van der Waals surface area contributed by atoms with Crippen LogP contribution in [0.15, 0.2) is 22.8 Å². The van der Waals surface area contributed by atoms with Gasteiger partial charge in [-0.15, -0.1) is 0 Å². The molecule has 0 aliphatic rings. The average molecular weight is 222 g/mol. The van der Waals surface area contributed by atoms with E-state index in [0.717, 1.165) is 0 Å². The van der Waals surface area contributed by atoms with E-state index in [1.54, 1.807) is 12.1 Å². The van der Waals surface area contributed by atoms with Crippen LogP contribution in [0.25, 0.3) is 10.8 Å². The van der Waals surface area contributed by atoms with Crippen molar-refractivity contribution in [2.24, 2.45) is 0 Å². The minimum Gasteiger partial charge on any atom is -0.493 e. The van der Waals surface area contributed by atoms with Crippen LogP contribution in [0.5, 0.6) is 11.5 Å². The van der Waals surface area contributed by atoms with Crippen LogP contribution in [0, 0.1) is 0 Å². The zero-order valence-corrected chi connectivity index (χ0v) is 8.81. The van der Waals surface area contributed by atoms with Gasteiger partial charge in [-0.25, -0.2) is 4.79 Å². The molecule has 2 rings (SSSR count). The number of hydrogen-bond donors (Lipinski definition) is 1. The number of carboxylic acid groups (broad SMARTS) is 1. The number of hydrogen-bond acceptors (Lipinski definition) is 4. The molecule has 0 radical (unpaired) electrons. The van der Waals surface area contributed by atoms with Crippen LogP contribution in [0.1, 0.15) is 10.6 Å². The first-order chi connectivity index (χ1) is 7.67. The van der Waals surface area contributed by atoms with Crippen LogP contribution in [-0.4, -0.2) is 25.3 Å². The molecular weight excluding hydrogens is 212 g/mol. The SMILES string of the molecule is COc1cc2coc(C(=O)O)c2cc1OC. The predicted molar refractivity (Wildman–Crippen MR) is 56.3 cm³/mol. The van der Waals surface area contributed by atoms with Gasteiger partial charge in [0.2, 0.25) is 5.76 Å². The van der Waals surface area contributed by atoms with Crippen LogP contribution in [-0.2, 0) is 0 Å². The molecule has 2 aromatic rings. The summed E-state index contributed by atoms with van der Waals surface area (Å²) in [5.41, 5.74) is 0. The molecule has 1 aromatic heterocycles. The Balaban J connectivity index is 2.71. The highest BCUT2D eigenvalue weighted by Gasteiger charge is 2.16. The lowest BCUT2D eigenvalue weighted by molar-refractivity contribution is 0.0665. The highest BCUT2D eigenvalue weighted by atomic mass is 16.5. The molecule has 5 heteroatoms. The molecule has 0 saturated heterocycles. The van der Waals surface area contributed by atoms with Crippen LogP contribution in [0.3, 0.4) is 0 Å². The van der Waals surface area contributed by atoms with Crippen molar-refractivity contribution in [2.75, 3.05) is 14.2 Å². The second-order valence-corrected chi connectivity index (χ2v) is 3.16. The minimum atomic E-state index is -1.11. The van der Waals surface area contributed by atoms with Gasteiger partial charge in [-0.2, -0.15) is 0 Å². The van der Waals surface area contributed by atoms with Crippen molar-refractivity contribution in [1.82, 2.24) is 0 Å². The first-order valence-electron chi connectivity index (χ1n) is 4.54. The molecule has 1 heterocycles. The van der Waals surface area contributed by atoms with Gasteiger partial charge in [0, 0.05) is 10.8 Å². The maximum absolute atomic E-state index is 10.9. The number of ether oxygens (including phenoxy) is 2. The van der Waals surface area contributed by atoms with Crippen molar-refractivity contribution in [1.29, 1.82) is 0 Å². The van der Waals surface area contributed by atoms with E-state index < -0.39 is 5.97 Å². The van der Waals surface area contributed by atoms with Gasteiger partial charge in [0.05, 0.1) is 20.5 Å². The molecule has 0 aliphatic heterocycles. The molecule has 0 unspecified atom stereocenters. The van der Waals surface area contributed by atoms with Crippen molar-refractivity contribution in [2.45, 2.75) is 0 Å². The Hall–Kier alpha value is -2.17. The monoisotopic (exact) mass is 222 g/mol. The summed E-state index contributed by atoms with van der Waals surface area (Å²) in [6, 6.07) is 3.26. The molecule has 1 aromatic carbocycles. The van der Waals surface area contributed by atoms with Gasteiger partial charge in [-0.1, -0.05) is 0 Å². The predicted octanol–water partition coefficient (Wildman–Crippen LogP) is 2.15. The quantitative estimate of drug-likeness (QED) is 0.861. The Morgan fingerprint density at radius 1 is 1.25 bits per heavy atom. The van der Waals surface area contributed by atoms with Crippen molar-refractivity contribution in [3.05, 3.63) is 24.2 Å². The summed E-state index contributed by atoms with van der Waals surface area (Å²) in [6.45, 7) is 0. The number of rotatable bonds is 3. The highest BCUT2D eigenvalue weighted by Crippen LogP contribution is 2.34. The number of benzene rings is 1. The average Bonchev–Trinajstić information content (AvgIpc) is 2.69. The fourth-order valence-electron chi connectivity index (χ4n) is 1.54. The lowest BCUT2D eigenvalue weighted by Gasteiger charge is -2.06. The van der Waals surface area contributed by atoms with Gasteiger partial charge in [0.15, 0.2) is 11.5 Å². The topological polar surface area (TPSA) is 68.9 Å². The molecule has 0 spiro atoms. The summed E-state index contributed by atoms with van der Waals surface area (Å²) in [7, 11) is 3.01. The molecule has 1 N–H and O–H groups in total. The molecular formula is C11H10O5. The van der Waals surface area contributed by atoms with Crippen LogP contribution in [0.2, 0.25) is 0 Å². The second kappa shape index (κ2) is 3.77. The third kappa shape index (κ3) is 1.46. The van der Waals surface area contributed by atoms with E-state index in [2.05, 4.69) is 0 Å². The molecule has 0 amide bonds. The Morgan fingerprint density at radius 3 is 2.44 bits per heavy atom. The largest absolute Gasteiger partial charge is 0.493 e. The first kappa shape index (κ1) is 10.4. The van der Waals surface area contributed by atoms with E-state index >= 15 is 0 Å². The van der Waals surface area contributed by atoms with E-state index in [-0.39, 0.29) is 5.76 Å². The molecule has 0 aliphatic carbocycles. The number of aromatic carboxylic acids is 1. The number of carbonyl (C=O) groups is 1. The van der Waals surface area contributed by atoms with Crippen molar-refractivity contribution >= 4 is 16.7 Å². The third-order valence-electron chi connectivity index (χ3n) is 2.30. The lowest BCUT2D eigenvalue weighted by Crippen LogP contribution is -1.95. The van der Waals surface area contributed by atoms with Crippen molar-refractivity contribution in [3.63, 3.8) is 0 Å². The Kier molecular flexibility index (Phi) is 2.44. The normalized spacial score (nSPS) is 10.4. The van der Waals surface area contributed by atoms with E-state index in [1.165, 1.54) is 20.5 Å². The van der Waals surface area contributed by atoms with E-state index in [1.807, 2.05) is 0 Å². The van der Waals surface area contributed by atoms with Crippen molar-refractivity contribution < 1.29 is 23.8 Å². The van der Waals surface area contributed by atoms with E-state index in [4.69, 9.17) is 19.0 Å². The fourth-order valence-corrected chi connectivity index (χ4v) is 1.54. The van der Waals surface area contributed by atoms with Crippen LogP contribution >= 0.6 is 0 Å². The fraction of sp³-hybridized carbons (Fsp3) is 0.182. The Labute approximate surface area is 91.2 Å². The minimum absolute atomic E-state index is 0.101. The van der Waals surface area contributed by atoms with Gasteiger partial charge >= 0.3 is 5.97 Å². The van der Waals surface area contributed by atoms with Crippen molar-refractivity contribution in [3.8, 4) is 11.5 Å². The third-order valence-corrected chi connectivity index (χ3v) is 2.30. The highest BCUT2D eigenvalue weighted by molar-refractivity contribution is 6.02.